The van der Waals surface area contributed by atoms with E-state index in [2.05, 4.69) is 0 Å². The summed E-state index contributed by atoms with van der Waals surface area (Å²) in [5.41, 5.74) is -0.322. The smallest absolute Gasteiger partial charge is 0.416 e. The van der Waals surface area contributed by atoms with Gasteiger partial charge in [0.05, 0.1) is 30.8 Å². The van der Waals surface area contributed by atoms with Crippen LogP contribution < -0.4 is 4.74 Å². The Morgan fingerprint density at radius 1 is 0.927 bits per heavy atom. The number of alkyl halides is 6. The number of aryl methyl sites for hydroxylation is 1. The Balaban J connectivity index is 1.75. The Labute approximate surface area is 232 Å². The molecule has 0 aromatic heterocycles. The molecule has 2 unspecified atom stereocenters. The summed E-state index contributed by atoms with van der Waals surface area (Å²) in [5, 5.41) is 0. The monoisotopic (exact) mass is 583 g/mol. The molecule has 4 nitrogen and oxygen atoms in total. The Bertz CT molecular complexity index is 1430. The van der Waals surface area contributed by atoms with E-state index in [-0.39, 0.29) is 24.3 Å². The van der Waals surface area contributed by atoms with Crippen LogP contribution >= 0.6 is 0 Å². The maximum absolute atomic E-state index is 14.7. The lowest BCUT2D eigenvalue weighted by atomic mass is 9.92. The summed E-state index contributed by atoms with van der Waals surface area (Å²) in [6.07, 6.45) is -12.4. The zero-order valence-corrected chi connectivity index (χ0v) is 22.9. The van der Waals surface area contributed by atoms with Crippen molar-refractivity contribution in [3.8, 4) is 16.9 Å². The maximum atomic E-state index is 14.7. The van der Waals surface area contributed by atoms with Crippen molar-refractivity contribution < 1.29 is 45.0 Å². The SMILES string of the molecule is COc1cc(F)c(C(C)C)cc1-c1ccc(C)cc1CN1C(=O)OC(c2cc(C(F)(F)F)cc(C(F)(F)F)c2)C1C. The van der Waals surface area contributed by atoms with Crippen LogP contribution in [0.2, 0.25) is 0 Å². The predicted octanol–water partition coefficient (Wildman–Crippen LogP) is 9.05. The molecule has 0 aliphatic carbocycles. The third-order valence-electron chi connectivity index (χ3n) is 7.16. The number of hydrogen-bond donors (Lipinski definition) is 0. The molecule has 11 heteroatoms. The van der Waals surface area contributed by atoms with Crippen LogP contribution in [0.1, 0.15) is 66.2 Å². The van der Waals surface area contributed by atoms with Crippen molar-refractivity contribution in [3.63, 3.8) is 0 Å². The number of amides is 1. The Morgan fingerprint density at radius 3 is 2.07 bits per heavy atom. The van der Waals surface area contributed by atoms with Crippen LogP contribution in [-0.2, 0) is 23.6 Å². The first-order valence-electron chi connectivity index (χ1n) is 12.7. The van der Waals surface area contributed by atoms with Gasteiger partial charge in [0.25, 0.3) is 0 Å². The van der Waals surface area contributed by atoms with Gasteiger partial charge in [-0.05, 0) is 66.3 Å². The summed E-state index contributed by atoms with van der Waals surface area (Å²) in [6, 6.07) is 8.62. The number of ether oxygens (including phenoxy) is 2. The van der Waals surface area contributed by atoms with Crippen LogP contribution in [0, 0.1) is 12.7 Å². The van der Waals surface area contributed by atoms with Crippen LogP contribution in [0.3, 0.4) is 0 Å². The van der Waals surface area contributed by atoms with Gasteiger partial charge in [-0.3, -0.25) is 4.90 Å². The molecule has 3 aromatic rings. The van der Waals surface area contributed by atoms with E-state index in [0.717, 1.165) is 5.56 Å². The number of hydrogen-bond acceptors (Lipinski definition) is 3. The van der Waals surface area contributed by atoms with Gasteiger partial charge in [0.15, 0.2) is 0 Å². The number of carbonyl (C=O) groups is 1. The molecule has 0 spiro atoms. The first kappa shape index (κ1) is 30.2. The number of nitrogens with zero attached hydrogens (tertiary/aromatic N) is 1. The molecule has 0 radical (unpaired) electrons. The van der Waals surface area contributed by atoms with Crippen molar-refractivity contribution in [2.24, 2.45) is 0 Å². The normalized spacial score (nSPS) is 17.8. The molecule has 1 saturated heterocycles. The molecule has 41 heavy (non-hydrogen) atoms. The fourth-order valence-electron chi connectivity index (χ4n) is 5.00. The number of cyclic esters (lactones) is 1. The number of halogens is 7. The van der Waals surface area contributed by atoms with E-state index in [1.165, 1.54) is 25.0 Å². The molecule has 1 aliphatic rings. The van der Waals surface area contributed by atoms with Crippen LogP contribution in [0.25, 0.3) is 11.1 Å². The maximum Gasteiger partial charge on any atom is 0.416 e. The molecule has 3 aromatic carbocycles. The van der Waals surface area contributed by atoms with Gasteiger partial charge < -0.3 is 9.47 Å². The lowest BCUT2D eigenvalue weighted by molar-refractivity contribution is -0.143. The standard InChI is InChI=1S/C30H28F7NO3/c1-15(2)23-12-24(26(40-5)13-25(23)31)22-7-6-16(3)8-19(22)14-38-17(4)27(41-28(38)39)18-9-20(29(32,33)34)11-21(10-18)30(35,36)37/h6-13,15,17,27H,14H2,1-5H3. The highest BCUT2D eigenvalue weighted by molar-refractivity contribution is 5.76. The first-order valence-corrected chi connectivity index (χ1v) is 12.7. The molecule has 2 atom stereocenters. The Kier molecular flexibility index (Phi) is 8.03. The van der Waals surface area contributed by atoms with Crippen molar-refractivity contribution in [1.82, 2.24) is 4.90 Å². The fourth-order valence-corrected chi connectivity index (χ4v) is 5.00. The van der Waals surface area contributed by atoms with E-state index in [1.54, 1.807) is 18.2 Å². The molecule has 0 N–H and O–H groups in total. The van der Waals surface area contributed by atoms with E-state index < -0.39 is 53.1 Å². The molecule has 1 fully saturated rings. The molecule has 0 bridgehead atoms. The van der Waals surface area contributed by atoms with E-state index in [1.807, 2.05) is 26.8 Å². The summed E-state index contributed by atoms with van der Waals surface area (Å²) in [7, 11) is 1.40. The van der Waals surface area contributed by atoms with Crippen LogP contribution in [0.5, 0.6) is 5.75 Å². The van der Waals surface area contributed by atoms with Crippen LogP contribution in [0.15, 0.2) is 48.5 Å². The van der Waals surface area contributed by atoms with Gasteiger partial charge in [0, 0.05) is 11.6 Å². The summed E-state index contributed by atoms with van der Waals surface area (Å²) < 4.78 is 106. The average molecular weight is 584 g/mol. The van der Waals surface area contributed by atoms with Crippen molar-refractivity contribution in [2.45, 2.75) is 64.7 Å². The Hall–Kier alpha value is -3.76. The lowest BCUT2D eigenvalue weighted by Gasteiger charge is -2.24. The van der Waals surface area contributed by atoms with Gasteiger partial charge >= 0.3 is 18.4 Å². The molecule has 220 valence electrons. The highest BCUT2D eigenvalue weighted by atomic mass is 19.4. The summed E-state index contributed by atoms with van der Waals surface area (Å²) >= 11 is 0. The third kappa shape index (κ3) is 6.13. The minimum atomic E-state index is -5.04. The minimum absolute atomic E-state index is 0.0310. The first-order chi connectivity index (χ1) is 19.0. The van der Waals surface area contributed by atoms with E-state index in [0.29, 0.717) is 34.4 Å². The van der Waals surface area contributed by atoms with Gasteiger partial charge in [-0.25, -0.2) is 9.18 Å². The molecule has 4 rings (SSSR count). The number of carbonyl (C=O) groups excluding carboxylic acids is 1. The second-order valence-corrected chi connectivity index (χ2v) is 10.4. The number of methoxy groups -OCH3 is 1. The van der Waals surface area contributed by atoms with Crippen molar-refractivity contribution in [1.29, 1.82) is 0 Å². The fraction of sp³-hybridized carbons (Fsp3) is 0.367. The topological polar surface area (TPSA) is 38.8 Å². The van der Waals surface area contributed by atoms with Crippen LogP contribution in [-0.4, -0.2) is 24.1 Å². The highest BCUT2D eigenvalue weighted by Gasteiger charge is 2.43. The molecule has 1 aliphatic heterocycles. The number of rotatable bonds is 6. The van der Waals surface area contributed by atoms with Crippen molar-refractivity contribution in [3.05, 3.63) is 87.7 Å². The highest BCUT2D eigenvalue weighted by Crippen LogP contribution is 2.42. The van der Waals surface area contributed by atoms with E-state index in [9.17, 15) is 35.5 Å². The van der Waals surface area contributed by atoms with Crippen molar-refractivity contribution in [2.75, 3.05) is 7.11 Å². The summed E-state index contributed by atoms with van der Waals surface area (Å²) in [6.45, 7) is 6.92. The lowest BCUT2D eigenvalue weighted by Crippen LogP contribution is -2.31. The summed E-state index contributed by atoms with van der Waals surface area (Å²) in [5.74, 6) is -0.319. The summed E-state index contributed by atoms with van der Waals surface area (Å²) in [4.78, 5) is 14.2. The largest absolute Gasteiger partial charge is 0.496 e. The molecule has 1 amide bonds. The minimum Gasteiger partial charge on any atom is -0.496 e. The third-order valence-corrected chi connectivity index (χ3v) is 7.16. The average Bonchev–Trinajstić information content (AvgIpc) is 3.15. The van der Waals surface area contributed by atoms with Crippen LogP contribution in [0.4, 0.5) is 35.5 Å². The van der Waals surface area contributed by atoms with E-state index >= 15 is 0 Å². The zero-order valence-electron chi connectivity index (χ0n) is 22.9. The van der Waals surface area contributed by atoms with Gasteiger partial charge in [0.1, 0.15) is 17.7 Å². The number of benzene rings is 3. The molecular weight excluding hydrogens is 555 g/mol. The molecule has 0 saturated carbocycles. The van der Waals surface area contributed by atoms with Gasteiger partial charge in [-0.15, -0.1) is 0 Å². The molecular formula is C30H28F7NO3. The van der Waals surface area contributed by atoms with Gasteiger partial charge in [-0.1, -0.05) is 37.6 Å². The quantitative estimate of drug-likeness (QED) is 0.272. The zero-order chi connectivity index (χ0) is 30.4. The van der Waals surface area contributed by atoms with Crippen molar-refractivity contribution >= 4 is 6.09 Å². The predicted molar refractivity (Wildman–Crippen MR) is 138 cm³/mol. The van der Waals surface area contributed by atoms with Gasteiger partial charge in [0.2, 0.25) is 0 Å². The second-order valence-electron chi connectivity index (χ2n) is 10.4. The second kappa shape index (κ2) is 10.9. The van der Waals surface area contributed by atoms with E-state index in [4.69, 9.17) is 9.47 Å². The van der Waals surface area contributed by atoms with Gasteiger partial charge in [-0.2, -0.15) is 26.3 Å². The molecule has 1 heterocycles. The Morgan fingerprint density at radius 2 is 1.54 bits per heavy atom.